The van der Waals surface area contributed by atoms with E-state index in [-0.39, 0.29) is 5.97 Å². The quantitative estimate of drug-likeness (QED) is 0.155. The topological polar surface area (TPSA) is 55.7 Å². The fourth-order valence-electron chi connectivity index (χ4n) is 0.627. The van der Waals surface area contributed by atoms with E-state index >= 15 is 0 Å². The molecule has 0 saturated carbocycles. The number of hydrogen-bond acceptors (Lipinski definition) is 4. The molecule has 0 saturated heterocycles. The average Bonchev–Trinajstić information content (AvgIpc) is 2.10. The SMILES string of the molecule is C=C(C)C(=O)OCCC[SiH2]N=C=O. The van der Waals surface area contributed by atoms with Crippen molar-refractivity contribution in [2.24, 2.45) is 4.66 Å². The Hall–Kier alpha value is -1.19. The van der Waals surface area contributed by atoms with Crippen molar-refractivity contribution in [3.05, 3.63) is 12.2 Å². The lowest BCUT2D eigenvalue weighted by molar-refractivity contribution is -0.138. The van der Waals surface area contributed by atoms with Crippen LogP contribution in [0.25, 0.3) is 0 Å². The molecule has 13 heavy (non-hydrogen) atoms. The Bertz CT molecular complexity index is 234. The highest BCUT2D eigenvalue weighted by Crippen LogP contribution is 1.95. The van der Waals surface area contributed by atoms with Crippen LogP contribution in [0.5, 0.6) is 0 Å². The molecule has 0 aliphatic heterocycles. The molecule has 4 nitrogen and oxygen atoms in total. The predicted octanol–water partition coefficient (Wildman–Crippen LogP) is 0.334. The van der Waals surface area contributed by atoms with E-state index in [4.69, 9.17) is 4.74 Å². The number of ether oxygens (including phenoxy) is 1. The number of hydrogen-bond donors (Lipinski definition) is 0. The second-order valence-electron chi connectivity index (χ2n) is 2.60. The zero-order chi connectivity index (χ0) is 10.1. The Balaban J connectivity index is 3.30. The van der Waals surface area contributed by atoms with Crippen molar-refractivity contribution in [2.75, 3.05) is 6.61 Å². The predicted molar refractivity (Wildman–Crippen MR) is 51.9 cm³/mol. The third-order valence-corrected chi connectivity index (χ3v) is 2.48. The summed E-state index contributed by atoms with van der Waals surface area (Å²) in [4.78, 5) is 20.5. The molecule has 72 valence electrons. The van der Waals surface area contributed by atoms with Crippen molar-refractivity contribution in [3.8, 4) is 0 Å². The number of rotatable bonds is 6. The lowest BCUT2D eigenvalue weighted by atomic mass is 10.4. The minimum Gasteiger partial charge on any atom is -0.462 e. The van der Waals surface area contributed by atoms with Gasteiger partial charge >= 0.3 is 5.97 Å². The maximum absolute atomic E-state index is 10.8. The zero-order valence-electron chi connectivity index (χ0n) is 7.71. The molecule has 0 heterocycles. The summed E-state index contributed by atoms with van der Waals surface area (Å²) < 4.78 is 8.33. The van der Waals surface area contributed by atoms with Crippen molar-refractivity contribution in [1.29, 1.82) is 0 Å². The Morgan fingerprint density at radius 2 is 2.38 bits per heavy atom. The van der Waals surface area contributed by atoms with Gasteiger partial charge in [-0.2, -0.15) is 0 Å². The molecule has 0 aliphatic rings. The number of carbonyl (C=O) groups excluding carboxylic acids is 2. The third kappa shape index (κ3) is 7.18. The summed E-state index contributed by atoms with van der Waals surface area (Å²) in [6.07, 6.45) is 2.26. The third-order valence-electron chi connectivity index (χ3n) is 1.31. The highest BCUT2D eigenvalue weighted by Gasteiger charge is 2.01. The number of nitrogens with zero attached hydrogens (tertiary/aromatic N) is 1. The maximum atomic E-state index is 10.8. The fraction of sp³-hybridized carbons (Fsp3) is 0.500. The first-order valence-electron chi connectivity index (χ1n) is 4.04. The lowest BCUT2D eigenvalue weighted by Gasteiger charge is -2.01. The Labute approximate surface area is 79.6 Å². The second kappa shape index (κ2) is 7.46. The van der Waals surface area contributed by atoms with E-state index in [0.717, 1.165) is 12.5 Å². The van der Waals surface area contributed by atoms with Gasteiger partial charge in [-0.25, -0.2) is 9.59 Å². The van der Waals surface area contributed by atoms with Crippen LogP contribution in [0.1, 0.15) is 13.3 Å². The lowest BCUT2D eigenvalue weighted by Crippen LogP contribution is -2.06. The fourth-order valence-corrected chi connectivity index (χ4v) is 1.30. The van der Waals surface area contributed by atoms with E-state index < -0.39 is 9.68 Å². The van der Waals surface area contributed by atoms with Gasteiger partial charge in [0.15, 0.2) is 9.68 Å². The molecule has 0 spiro atoms. The van der Waals surface area contributed by atoms with Crippen LogP contribution in [0.2, 0.25) is 6.04 Å². The summed E-state index contributed by atoms with van der Waals surface area (Å²) in [5, 5.41) is 0. The maximum Gasteiger partial charge on any atom is 0.333 e. The van der Waals surface area contributed by atoms with Gasteiger partial charge in [-0.3, -0.25) is 4.66 Å². The summed E-state index contributed by atoms with van der Waals surface area (Å²) in [5.41, 5.74) is 0.406. The monoisotopic (exact) mass is 199 g/mol. The number of esters is 1. The smallest absolute Gasteiger partial charge is 0.333 e. The first-order chi connectivity index (χ1) is 6.18. The van der Waals surface area contributed by atoms with Gasteiger partial charge in [0.1, 0.15) is 0 Å². The summed E-state index contributed by atoms with van der Waals surface area (Å²) in [5.74, 6) is -0.361. The summed E-state index contributed by atoms with van der Waals surface area (Å²) in [6.45, 7) is 5.43. The molecule has 0 N–H and O–H groups in total. The van der Waals surface area contributed by atoms with Crippen molar-refractivity contribution in [2.45, 2.75) is 19.4 Å². The Morgan fingerprint density at radius 3 is 2.92 bits per heavy atom. The van der Waals surface area contributed by atoms with Crippen molar-refractivity contribution < 1.29 is 14.3 Å². The van der Waals surface area contributed by atoms with E-state index in [1.807, 2.05) is 0 Å². The molecule has 0 aliphatic carbocycles. The van der Waals surface area contributed by atoms with Crippen LogP contribution in [-0.4, -0.2) is 28.3 Å². The summed E-state index contributed by atoms with van der Waals surface area (Å²) >= 11 is 0. The van der Waals surface area contributed by atoms with Gasteiger partial charge in [0.25, 0.3) is 0 Å². The number of carbonyl (C=O) groups is 1. The molecule has 0 unspecified atom stereocenters. The van der Waals surface area contributed by atoms with Crippen LogP contribution in [-0.2, 0) is 14.3 Å². The Kier molecular flexibility index (Phi) is 6.77. The molecule has 0 aromatic rings. The molecule has 0 amide bonds. The van der Waals surface area contributed by atoms with Gasteiger partial charge in [0, 0.05) is 5.57 Å². The molecule has 0 aromatic heterocycles. The molecule has 5 heteroatoms. The van der Waals surface area contributed by atoms with Gasteiger partial charge in [0.2, 0.25) is 6.08 Å². The molecule has 0 fully saturated rings. The first-order valence-corrected chi connectivity index (χ1v) is 5.68. The van der Waals surface area contributed by atoms with Gasteiger partial charge in [-0.15, -0.1) is 0 Å². The molecular formula is C8H13NO3Si. The Morgan fingerprint density at radius 1 is 1.69 bits per heavy atom. The highest BCUT2D eigenvalue weighted by atomic mass is 28.2. The van der Waals surface area contributed by atoms with Gasteiger partial charge < -0.3 is 4.74 Å². The first kappa shape index (κ1) is 11.8. The van der Waals surface area contributed by atoms with Crippen molar-refractivity contribution in [3.63, 3.8) is 0 Å². The molecule has 0 aromatic carbocycles. The summed E-state index contributed by atoms with van der Waals surface area (Å²) in [6, 6.07) is 0.860. The molecule has 0 rings (SSSR count). The average molecular weight is 199 g/mol. The van der Waals surface area contributed by atoms with Gasteiger partial charge in [-0.05, 0) is 19.4 Å². The molecule has 0 radical (unpaired) electrons. The summed E-state index contributed by atoms with van der Waals surface area (Å²) in [7, 11) is -0.665. The standard InChI is InChI=1S/C8H13NO3Si/c1-7(2)8(11)12-4-3-5-13-9-6-10/h1,3-5,13H2,2H3. The van der Waals surface area contributed by atoms with Crippen LogP contribution >= 0.6 is 0 Å². The van der Waals surface area contributed by atoms with Crippen LogP contribution in [0.3, 0.4) is 0 Å². The van der Waals surface area contributed by atoms with Crippen LogP contribution < -0.4 is 0 Å². The van der Waals surface area contributed by atoms with Crippen molar-refractivity contribution in [1.82, 2.24) is 0 Å². The zero-order valence-corrected chi connectivity index (χ0v) is 9.12. The van der Waals surface area contributed by atoms with E-state index in [1.54, 1.807) is 6.92 Å². The molecule has 0 bridgehead atoms. The van der Waals surface area contributed by atoms with E-state index in [0.29, 0.717) is 12.2 Å². The van der Waals surface area contributed by atoms with E-state index in [2.05, 4.69) is 11.2 Å². The van der Waals surface area contributed by atoms with Crippen LogP contribution in [0.15, 0.2) is 16.8 Å². The van der Waals surface area contributed by atoms with Gasteiger partial charge in [0.05, 0.1) is 6.61 Å². The normalized spacial score (nSPS) is 9.62. The van der Waals surface area contributed by atoms with E-state index in [1.165, 1.54) is 6.08 Å². The van der Waals surface area contributed by atoms with Crippen LogP contribution in [0.4, 0.5) is 0 Å². The van der Waals surface area contributed by atoms with Crippen LogP contribution in [0, 0.1) is 0 Å². The highest BCUT2D eigenvalue weighted by molar-refractivity contribution is 6.34. The number of isocyanates is 1. The molecular weight excluding hydrogens is 186 g/mol. The minimum absolute atomic E-state index is 0.361. The minimum atomic E-state index is -0.665. The molecule has 0 atom stereocenters. The second-order valence-corrected chi connectivity index (χ2v) is 4.07. The van der Waals surface area contributed by atoms with Gasteiger partial charge in [-0.1, -0.05) is 6.58 Å². The van der Waals surface area contributed by atoms with Crippen molar-refractivity contribution >= 4 is 21.7 Å². The van der Waals surface area contributed by atoms with E-state index in [9.17, 15) is 9.59 Å². The largest absolute Gasteiger partial charge is 0.462 e.